The first kappa shape index (κ1) is 13.6. The van der Waals surface area contributed by atoms with Crippen LogP contribution < -0.4 is 5.32 Å². The van der Waals surface area contributed by atoms with Crippen LogP contribution in [-0.2, 0) is 22.4 Å². The summed E-state index contributed by atoms with van der Waals surface area (Å²) in [5.41, 5.74) is 1.18. The van der Waals surface area contributed by atoms with Crippen molar-refractivity contribution in [2.24, 2.45) is 0 Å². The van der Waals surface area contributed by atoms with Gasteiger partial charge < -0.3 is 14.6 Å². The number of rotatable bonds is 3. The molecule has 0 aliphatic heterocycles. The van der Waals surface area contributed by atoms with E-state index < -0.39 is 12.0 Å². The molecule has 19 heavy (non-hydrogen) atoms. The first-order chi connectivity index (χ1) is 9.13. The minimum absolute atomic E-state index is 0.299. The summed E-state index contributed by atoms with van der Waals surface area (Å²) in [4.78, 5) is 23.4. The Balaban J connectivity index is 2.11. The molecule has 0 saturated heterocycles. The maximum absolute atomic E-state index is 12.1. The lowest BCUT2D eigenvalue weighted by molar-refractivity contribution is -0.142. The Morgan fingerprint density at radius 1 is 1.32 bits per heavy atom. The molecule has 0 spiro atoms. The lowest BCUT2D eigenvalue weighted by Crippen LogP contribution is -2.39. The van der Waals surface area contributed by atoms with E-state index in [0.717, 1.165) is 43.4 Å². The second kappa shape index (κ2) is 5.86. The molecule has 1 amide bonds. The summed E-state index contributed by atoms with van der Waals surface area (Å²) in [5, 5.41) is 6.41. The third-order valence-electron chi connectivity index (χ3n) is 3.32. The van der Waals surface area contributed by atoms with Crippen LogP contribution in [0.2, 0.25) is 0 Å². The van der Waals surface area contributed by atoms with Crippen molar-refractivity contribution in [3.05, 3.63) is 17.0 Å². The lowest BCUT2D eigenvalue weighted by atomic mass is 10.1. The zero-order valence-electron chi connectivity index (χ0n) is 11.2. The number of aryl methyl sites for hydroxylation is 1. The highest BCUT2D eigenvalue weighted by molar-refractivity contribution is 5.96. The van der Waals surface area contributed by atoms with Crippen LogP contribution in [0.5, 0.6) is 0 Å². The quantitative estimate of drug-likeness (QED) is 0.657. The highest BCUT2D eigenvalue weighted by atomic mass is 16.5. The van der Waals surface area contributed by atoms with Gasteiger partial charge in [0.1, 0.15) is 11.8 Å². The van der Waals surface area contributed by atoms with E-state index in [-0.39, 0.29) is 5.91 Å². The Bertz CT molecular complexity index is 481. The van der Waals surface area contributed by atoms with Gasteiger partial charge in [0.25, 0.3) is 5.91 Å². The van der Waals surface area contributed by atoms with Crippen LogP contribution in [0.15, 0.2) is 4.52 Å². The highest BCUT2D eigenvalue weighted by Crippen LogP contribution is 2.23. The first-order valence-electron chi connectivity index (χ1n) is 6.49. The van der Waals surface area contributed by atoms with Gasteiger partial charge in [0.05, 0.1) is 7.11 Å². The molecule has 0 saturated carbocycles. The molecule has 1 atom stereocenters. The van der Waals surface area contributed by atoms with E-state index in [1.807, 2.05) is 0 Å². The fourth-order valence-electron chi connectivity index (χ4n) is 2.24. The normalized spacial score (nSPS) is 16.1. The first-order valence-corrected chi connectivity index (χ1v) is 6.49. The van der Waals surface area contributed by atoms with Crippen LogP contribution in [0.25, 0.3) is 0 Å². The molecular weight excluding hydrogens is 248 g/mol. The fourth-order valence-corrected chi connectivity index (χ4v) is 2.24. The van der Waals surface area contributed by atoms with Crippen LogP contribution in [-0.4, -0.2) is 30.2 Å². The Morgan fingerprint density at radius 3 is 2.79 bits per heavy atom. The third kappa shape index (κ3) is 2.94. The van der Waals surface area contributed by atoms with E-state index in [2.05, 4.69) is 15.2 Å². The van der Waals surface area contributed by atoms with Crippen molar-refractivity contribution < 1.29 is 18.8 Å². The maximum atomic E-state index is 12.1. The van der Waals surface area contributed by atoms with Gasteiger partial charge >= 0.3 is 5.97 Å². The average Bonchev–Trinajstić information content (AvgIpc) is 2.67. The number of nitrogens with one attached hydrogen (secondary N) is 1. The molecule has 1 aromatic heterocycles. The van der Waals surface area contributed by atoms with Gasteiger partial charge in [0.15, 0.2) is 5.69 Å². The van der Waals surface area contributed by atoms with Crippen molar-refractivity contribution >= 4 is 11.9 Å². The molecule has 1 heterocycles. The molecule has 0 fully saturated rings. The smallest absolute Gasteiger partial charge is 0.328 e. The molecule has 0 unspecified atom stereocenters. The Kier molecular flexibility index (Phi) is 4.19. The molecule has 1 aliphatic carbocycles. The van der Waals surface area contributed by atoms with Gasteiger partial charge in [-0.15, -0.1) is 0 Å². The van der Waals surface area contributed by atoms with Gasteiger partial charge in [-0.3, -0.25) is 4.79 Å². The molecule has 1 aliphatic rings. The van der Waals surface area contributed by atoms with Crippen LogP contribution in [0.3, 0.4) is 0 Å². The van der Waals surface area contributed by atoms with Gasteiger partial charge in [-0.1, -0.05) is 11.6 Å². The van der Waals surface area contributed by atoms with Gasteiger partial charge in [-0.2, -0.15) is 0 Å². The number of esters is 1. The van der Waals surface area contributed by atoms with Crippen molar-refractivity contribution in [3.8, 4) is 0 Å². The number of aromatic nitrogens is 1. The van der Waals surface area contributed by atoms with Crippen molar-refractivity contribution in [2.45, 2.75) is 45.1 Å². The Hall–Kier alpha value is -1.85. The van der Waals surface area contributed by atoms with Gasteiger partial charge in [0.2, 0.25) is 0 Å². The minimum Gasteiger partial charge on any atom is -0.467 e. The second-order valence-corrected chi connectivity index (χ2v) is 4.71. The zero-order chi connectivity index (χ0) is 13.8. The number of nitrogens with zero attached hydrogens (tertiary/aromatic N) is 1. The van der Waals surface area contributed by atoms with Gasteiger partial charge in [-0.25, -0.2) is 4.79 Å². The van der Waals surface area contributed by atoms with E-state index in [4.69, 9.17) is 4.52 Å². The Labute approximate surface area is 111 Å². The molecule has 104 valence electrons. The molecule has 0 aromatic carbocycles. The molecule has 6 heteroatoms. The SMILES string of the molecule is COC(=O)[C@H](C)NC(=O)c1noc2c1CCCCC2. The average molecular weight is 266 g/mol. The molecule has 0 radical (unpaired) electrons. The van der Waals surface area contributed by atoms with Crippen LogP contribution in [0.4, 0.5) is 0 Å². The van der Waals surface area contributed by atoms with E-state index in [1.165, 1.54) is 7.11 Å². The Morgan fingerprint density at radius 2 is 2.05 bits per heavy atom. The summed E-state index contributed by atoms with van der Waals surface area (Å²) in [6, 6.07) is -0.698. The highest BCUT2D eigenvalue weighted by Gasteiger charge is 2.25. The van der Waals surface area contributed by atoms with Crippen LogP contribution >= 0.6 is 0 Å². The molecule has 0 bridgehead atoms. The van der Waals surface area contributed by atoms with Gasteiger partial charge in [0, 0.05) is 12.0 Å². The third-order valence-corrected chi connectivity index (χ3v) is 3.32. The number of methoxy groups -OCH3 is 1. The number of ether oxygens (including phenoxy) is 1. The molecule has 1 aromatic rings. The topological polar surface area (TPSA) is 81.4 Å². The monoisotopic (exact) mass is 266 g/mol. The number of fused-ring (bicyclic) bond motifs is 1. The van der Waals surface area contributed by atoms with E-state index in [9.17, 15) is 9.59 Å². The molecule has 2 rings (SSSR count). The lowest BCUT2D eigenvalue weighted by Gasteiger charge is -2.10. The number of carbonyl (C=O) groups excluding carboxylic acids is 2. The summed E-state index contributed by atoms with van der Waals surface area (Å²) in [6.07, 6.45) is 4.84. The predicted molar refractivity (Wildman–Crippen MR) is 66.7 cm³/mol. The van der Waals surface area contributed by atoms with E-state index in [1.54, 1.807) is 6.92 Å². The van der Waals surface area contributed by atoms with Crippen LogP contribution in [0.1, 0.15) is 48.0 Å². The number of hydrogen-bond donors (Lipinski definition) is 1. The summed E-state index contributed by atoms with van der Waals surface area (Å²) in [5.74, 6) is -0.0684. The van der Waals surface area contributed by atoms with Crippen molar-refractivity contribution in [1.82, 2.24) is 10.5 Å². The van der Waals surface area contributed by atoms with Crippen molar-refractivity contribution in [2.75, 3.05) is 7.11 Å². The molecule has 1 N–H and O–H groups in total. The minimum atomic E-state index is -0.698. The molecular formula is C13H18N2O4. The largest absolute Gasteiger partial charge is 0.467 e. The standard InChI is InChI=1S/C13H18N2O4/c1-8(13(17)18-2)14-12(16)11-9-6-4-3-5-7-10(9)19-15-11/h8H,3-7H2,1-2H3,(H,14,16)/t8-/m0/s1. The van der Waals surface area contributed by atoms with Crippen molar-refractivity contribution in [3.63, 3.8) is 0 Å². The summed E-state index contributed by atoms with van der Waals surface area (Å²) in [6.45, 7) is 1.57. The summed E-state index contributed by atoms with van der Waals surface area (Å²) >= 11 is 0. The summed E-state index contributed by atoms with van der Waals surface area (Å²) < 4.78 is 9.79. The summed E-state index contributed by atoms with van der Waals surface area (Å²) in [7, 11) is 1.28. The van der Waals surface area contributed by atoms with Crippen molar-refractivity contribution in [1.29, 1.82) is 0 Å². The van der Waals surface area contributed by atoms with Crippen LogP contribution in [0, 0.1) is 0 Å². The zero-order valence-corrected chi connectivity index (χ0v) is 11.2. The molecule has 6 nitrogen and oxygen atoms in total. The predicted octanol–water partition coefficient (Wildman–Crippen LogP) is 1.23. The van der Waals surface area contributed by atoms with E-state index in [0.29, 0.717) is 5.69 Å². The van der Waals surface area contributed by atoms with Gasteiger partial charge in [-0.05, 0) is 26.2 Å². The fraction of sp³-hybridized carbons (Fsp3) is 0.615. The number of carbonyl (C=O) groups is 2. The number of amides is 1. The van der Waals surface area contributed by atoms with E-state index >= 15 is 0 Å². The second-order valence-electron chi connectivity index (χ2n) is 4.71. The maximum Gasteiger partial charge on any atom is 0.328 e. The number of hydrogen-bond acceptors (Lipinski definition) is 5.